The molecule has 8 nitrogen and oxygen atoms in total. The van der Waals surface area contributed by atoms with Crippen LogP contribution in [0.15, 0.2) is 80.8 Å². The number of hydrogen-bond donors (Lipinski definition) is 2. The molecule has 0 bridgehead atoms. The van der Waals surface area contributed by atoms with Crippen LogP contribution < -0.4 is 15.4 Å². The number of rotatable bonds is 9. The zero-order valence-electron chi connectivity index (χ0n) is 21.3. The van der Waals surface area contributed by atoms with Crippen LogP contribution in [0.3, 0.4) is 0 Å². The van der Waals surface area contributed by atoms with Gasteiger partial charge in [-0.3, -0.25) is 19.3 Å². The summed E-state index contributed by atoms with van der Waals surface area (Å²) in [4.78, 5) is 41.9. The third-order valence-corrected chi connectivity index (χ3v) is 7.75. The van der Waals surface area contributed by atoms with Gasteiger partial charge in [-0.1, -0.05) is 36.7 Å². The van der Waals surface area contributed by atoms with E-state index in [1.54, 1.807) is 19.2 Å². The Morgan fingerprint density at radius 1 is 1.08 bits per heavy atom. The summed E-state index contributed by atoms with van der Waals surface area (Å²) in [6.07, 6.45) is 5.48. The third-order valence-electron chi connectivity index (χ3n) is 6.68. The van der Waals surface area contributed by atoms with Crippen molar-refractivity contribution in [1.29, 1.82) is 0 Å². The van der Waals surface area contributed by atoms with E-state index in [4.69, 9.17) is 9.15 Å². The van der Waals surface area contributed by atoms with Crippen LogP contribution in [0.4, 0.5) is 11.4 Å². The van der Waals surface area contributed by atoms with Gasteiger partial charge in [0.2, 0.25) is 5.91 Å². The molecule has 1 aliphatic carbocycles. The molecular formula is C29H29N3O5S. The Balaban J connectivity index is 1.44. The number of anilines is 2. The second-order valence-corrected chi connectivity index (χ2v) is 10.5. The maximum absolute atomic E-state index is 13.5. The van der Waals surface area contributed by atoms with Crippen molar-refractivity contribution in [3.8, 4) is 5.75 Å². The Labute approximate surface area is 225 Å². The number of hydrogen-bond acceptors (Lipinski definition) is 7. The normalized spacial score (nSPS) is 15.9. The molecule has 1 saturated carbocycles. The molecule has 2 heterocycles. The molecule has 1 aliphatic heterocycles. The molecule has 0 radical (unpaired) electrons. The van der Waals surface area contributed by atoms with E-state index in [-0.39, 0.29) is 29.0 Å². The number of thioether (sulfide) groups is 1. The molecule has 0 saturated heterocycles. The van der Waals surface area contributed by atoms with E-state index in [1.807, 2.05) is 49.4 Å². The maximum Gasteiger partial charge on any atom is 0.278 e. The molecule has 0 atom stereocenters. The second kappa shape index (κ2) is 11.2. The fourth-order valence-corrected chi connectivity index (χ4v) is 5.71. The number of benzene rings is 2. The minimum Gasteiger partial charge on any atom is -0.495 e. The molecule has 1 fully saturated rings. The molecule has 2 N–H and O–H groups in total. The van der Waals surface area contributed by atoms with Crippen LogP contribution in [-0.2, 0) is 20.9 Å². The van der Waals surface area contributed by atoms with Gasteiger partial charge in [0.25, 0.3) is 11.8 Å². The molecule has 3 aromatic rings. The van der Waals surface area contributed by atoms with E-state index in [2.05, 4.69) is 10.6 Å². The molecule has 2 aromatic carbocycles. The predicted octanol–water partition coefficient (Wildman–Crippen LogP) is 5.71. The second-order valence-electron chi connectivity index (χ2n) is 9.41. The average molecular weight is 532 g/mol. The highest BCUT2D eigenvalue weighted by atomic mass is 32.2. The van der Waals surface area contributed by atoms with E-state index in [0.717, 1.165) is 41.0 Å². The molecule has 0 spiro atoms. The first kappa shape index (κ1) is 25.7. The fourth-order valence-electron chi connectivity index (χ4n) is 4.70. The van der Waals surface area contributed by atoms with Gasteiger partial charge in [0.05, 0.1) is 25.6 Å². The Morgan fingerprint density at radius 3 is 2.63 bits per heavy atom. The molecule has 38 heavy (non-hydrogen) atoms. The van der Waals surface area contributed by atoms with Crippen LogP contribution in [0, 0.1) is 12.8 Å². The monoisotopic (exact) mass is 531 g/mol. The van der Waals surface area contributed by atoms with Gasteiger partial charge in [0, 0.05) is 16.5 Å². The standard InChI is InChI=1S/C29H29N3O5S/c1-18-12-13-24(36-2)23(15-18)31-25-26(29(35)32(28(25)34)17-21-10-6-14-37-21)38-22-11-5-9-20(16-22)30-27(33)19-7-3-4-8-19/h5-6,9-16,19,31H,3-4,7-8,17H2,1-2H3,(H,30,33). The molecule has 0 unspecified atom stereocenters. The molecule has 3 amide bonds. The number of imide groups is 1. The Kier molecular flexibility index (Phi) is 7.55. The predicted molar refractivity (Wildman–Crippen MR) is 146 cm³/mol. The zero-order chi connectivity index (χ0) is 26.6. The van der Waals surface area contributed by atoms with Gasteiger partial charge in [-0.05, 0) is 67.8 Å². The average Bonchev–Trinajstić information content (AvgIpc) is 3.67. The summed E-state index contributed by atoms with van der Waals surface area (Å²) in [5, 5.41) is 6.17. The lowest BCUT2D eigenvalue weighted by molar-refractivity contribution is -0.138. The van der Waals surface area contributed by atoms with Crippen LogP contribution in [0.1, 0.15) is 37.0 Å². The van der Waals surface area contributed by atoms with Gasteiger partial charge >= 0.3 is 0 Å². The first-order valence-electron chi connectivity index (χ1n) is 12.6. The topological polar surface area (TPSA) is 101 Å². The molecule has 5 rings (SSSR count). The van der Waals surface area contributed by atoms with Crippen molar-refractivity contribution in [2.45, 2.75) is 44.0 Å². The summed E-state index contributed by atoms with van der Waals surface area (Å²) in [7, 11) is 1.55. The highest BCUT2D eigenvalue weighted by Crippen LogP contribution is 2.39. The molecule has 9 heteroatoms. The van der Waals surface area contributed by atoms with Gasteiger partial charge < -0.3 is 19.8 Å². The molecule has 196 valence electrons. The van der Waals surface area contributed by atoms with E-state index >= 15 is 0 Å². The fraction of sp³-hybridized carbons (Fsp3) is 0.276. The van der Waals surface area contributed by atoms with Crippen LogP contribution >= 0.6 is 11.8 Å². The van der Waals surface area contributed by atoms with Crippen molar-refractivity contribution in [3.63, 3.8) is 0 Å². The lowest BCUT2D eigenvalue weighted by atomic mass is 10.1. The summed E-state index contributed by atoms with van der Waals surface area (Å²) in [6, 6.07) is 16.3. The molecule has 1 aromatic heterocycles. The van der Waals surface area contributed by atoms with Crippen molar-refractivity contribution >= 4 is 40.9 Å². The number of carbonyl (C=O) groups is 3. The van der Waals surface area contributed by atoms with Crippen LogP contribution in [0.5, 0.6) is 5.75 Å². The van der Waals surface area contributed by atoms with Crippen molar-refractivity contribution < 1.29 is 23.5 Å². The largest absolute Gasteiger partial charge is 0.495 e. The van der Waals surface area contributed by atoms with Gasteiger partial charge in [0.1, 0.15) is 22.1 Å². The number of methoxy groups -OCH3 is 1. The number of ether oxygens (including phenoxy) is 1. The zero-order valence-corrected chi connectivity index (χ0v) is 22.1. The lowest BCUT2D eigenvalue weighted by Crippen LogP contribution is -2.31. The molecule has 2 aliphatic rings. The van der Waals surface area contributed by atoms with E-state index in [9.17, 15) is 14.4 Å². The summed E-state index contributed by atoms with van der Waals surface area (Å²) in [6.45, 7) is 1.95. The van der Waals surface area contributed by atoms with Crippen LogP contribution in [0.25, 0.3) is 0 Å². The number of nitrogens with zero attached hydrogens (tertiary/aromatic N) is 1. The van der Waals surface area contributed by atoms with Crippen molar-refractivity contribution in [1.82, 2.24) is 4.90 Å². The minimum absolute atomic E-state index is 0.0162. The number of amides is 3. The van der Waals surface area contributed by atoms with Gasteiger partial charge in [-0.15, -0.1) is 0 Å². The molecular weight excluding hydrogens is 502 g/mol. The summed E-state index contributed by atoms with van der Waals surface area (Å²) in [5.74, 6) is 0.234. The van der Waals surface area contributed by atoms with Crippen LogP contribution in [-0.4, -0.2) is 29.7 Å². The first-order valence-corrected chi connectivity index (χ1v) is 13.4. The summed E-state index contributed by atoms with van der Waals surface area (Å²) >= 11 is 1.18. The minimum atomic E-state index is -0.455. The van der Waals surface area contributed by atoms with Gasteiger partial charge in [-0.2, -0.15) is 0 Å². The number of aryl methyl sites for hydroxylation is 1. The third kappa shape index (κ3) is 5.47. The number of furan rings is 1. The number of carbonyl (C=O) groups excluding carboxylic acids is 3. The van der Waals surface area contributed by atoms with E-state index in [0.29, 0.717) is 22.9 Å². The van der Waals surface area contributed by atoms with Crippen molar-refractivity contribution in [2.75, 3.05) is 17.7 Å². The summed E-state index contributed by atoms with van der Waals surface area (Å²) in [5.41, 5.74) is 2.37. The Hall–Kier alpha value is -3.98. The lowest BCUT2D eigenvalue weighted by Gasteiger charge is -2.15. The van der Waals surface area contributed by atoms with E-state index in [1.165, 1.54) is 18.0 Å². The van der Waals surface area contributed by atoms with Crippen molar-refractivity contribution in [2.24, 2.45) is 5.92 Å². The van der Waals surface area contributed by atoms with Crippen LogP contribution in [0.2, 0.25) is 0 Å². The Morgan fingerprint density at radius 2 is 1.89 bits per heavy atom. The highest BCUT2D eigenvalue weighted by Gasteiger charge is 2.40. The quantitative estimate of drug-likeness (QED) is 0.341. The van der Waals surface area contributed by atoms with Gasteiger partial charge in [-0.25, -0.2) is 0 Å². The summed E-state index contributed by atoms with van der Waals surface area (Å²) < 4.78 is 10.9. The van der Waals surface area contributed by atoms with Gasteiger partial charge in [0.15, 0.2) is 0 Å². The SMILES string of the molecule is COc1ccc(C)cc1NC1=C(Sc2cccc(NC(=O)C3CCCC3)c2)C(=O)N(Cc2ccco2)C1=O. The maximum atomic E-state index is 13.5. The first-order chi connectivity index (χ1) is 18.4. The van der Waals surface area contributed by atoms with Crippen molar-refractivity contribution in [3.05, 3.63) is 82.8 Å². The Bertz CT molecular complexity index is 1390. The number of nitrogens with one attached hydrogen (secondary N) is 2. The van der Waals surface area contributed by atoms with E-state index < -0.39 is 11.8 Å². The smallest absolute Gasteiger partial charge is 0.278 e. The highest BCUT2D eigenvalue weighted by molar-refractivity contribution is 8.04.